The van der Waals surface area contributed by atoms with Gasteiger partial charge in [-0.15, -0.1) is 0 Å². The minimum atomic E-state index is 0.116. The van der Waals surface area contributed by atoms with Gasteiger partial charge in [-0.05, 0) is 36.1 Å². The van der Waals surface area contributed by atoms with Gasteiger partial charge in [0, 0.05) is 24.2 Å². The Morgan fingerprint density at radius 2 is 2.00 bits per heavy atom. The van der Waals surface area contributed by atoms with E-state index in [9.17, 15) is 4.79 Å². The first-order chi connectivity index (χ1) is 10.2. The summed E-state index contributed by atoms with van der Waals surface area (Å²) in [5.74, 6) is 0.116. The van der Waals surface area contributed by atoms with E-state index in [1.807, 2.05) is 18.2 Å². The van der Waals surface area contributed by atoms with E-state index in [0.29, 0.717) is 13.1 Å². The van der Waals surface area contributed by atoms with Crippen molar-refractivity contribution in [1.82, 2.24) is 5.32 Å². The molecule has 0 aromatic carbocycles. The predicted molar refractivity (Wildman–Crippen MR) is 89.0 cm³/mol. The van der Waals surface area contributed by atoms with Crippen molar-refractivity contribution >= 4 is 5.78 Å². The van der Waals surface area contributed by atoms with E-state index in [1.54, 1.807) is 12.2 Å². The second-order valence-electron chi connectivity index (χ2n) is 5.06. The number of hydrogen-bond acceptors (Lipinski definition) is 2. The zero-order valence-corrected chi connectivity index (χ0v) is 12.3. The maximum absolute atomic E-state index is 12.5. The van der Waals surface area contributed by atoms with Gasteiger partial charge >= 0.3 is 0 Å². The number of nitrogens with one attached hydrogen (secondary N) is 1. The van der Waals surface area contributed by atoms with Gasteiger partial charge in [0.05, 0.1) is 0 Å². The lowest BCUT2D eigenvalue weighted by atomic mass is 9.94. The van der Waals surface area contributed by atoms with Gasteiger partial charge in [0.25, 0.3) is 0 Å². The SMILES string of the molecule is C=C/C=C(C=C)/C=C1\CNC/C(=C\C2=CCCC=C2)C1=O. The Morgan fingerprint density at radius 1 is 1.19 bits per heavy atom. The van der Waals surface area contributed by atoms with Crippen LogP contribution in [0.25, 0.3) is 0 Å². The molecule has 1 aliphatic heterocycles. The van der Waals surface area contributed by atoms with Crippen LogP contribution < -0.4 is 5.32 Å². The molecular formula is C19H21NO. The van der Waals surface area contributed by atoms with Crippen molar-refractivity contribution in [2.24, 2.45) is 0 Å². The topological polar surface area (TPSA) is 29.1 Å². The summed E-state index contributed by atoms with van der Waals surface area (Å²) in [7, 11) is 0. The summed E-state index contributed by atoms with van der Waals surface area (Å²) >= 11 is 0. The Morgan fingerprint density at radius 3 is 2.67 bits per heavy atom. The van der Waals surface area contributed by atoms with Crippen molar-refractivity contribution in [3.8, 4) is 0 Å². The van der Waals surface area contributed by atoms with E-state index in [4.69, 9.17) is 0 Å². The maximum Gasteiger partial charge on any atom is 0.187 e. The van der Waals surface area contributed by atoms with E-state index in [1.165, 1.54) is 0 Å². The monoisotopic (exact) mass is 279 g/mol. The van der Waals surface area contributed by atoms with Crippen molar-refractivity contribution in [3.63, 3.8) is 0 Å². The minimum Gasteiger partial charge on any atom is -0.308 e. The molecule has 1 saturated heterocycles. The molecule has 0 aromatic heterocycles. The first-order valence-electron chi connectivity index (χ1n) is 7.23. The average molecular weight is 279 g/mol. The van der Waals surface area contributed by atoms with Crippen molar-refractivity contribution in [3.05, 3.63) is 84.1 Å². The second kappa shape index (κ2) is 7.55. The van der Waals surface area contributed by atoms with Gasteiger partial charge in [-0.1, -0.05) is 49.6 Å². The van der Waals surface area contributed by atoms with E-state index >= 15 is 0 Å². The molecule has 0 aromatic rings. The number of Topliss-reactive ketones (excluding diaryl/α,β-unsaturated/α-hetero) is 1. The standard InChI is InChI=1S/C19H21NO/c1-3-8-15(4-2)11-17-13-20-14-18(19(17)21)12-16-9-6-5-7-10-16/h3-4,6,8-12,20H,1-2,5,7,13-14H2/b15-8+,17-11+,18-12+. The predicted octanol–water partition coefficient (Wildman–Crippen LogP) is 3.59. The van der Waals surface area contributed by atoms with E-state index in [2.05, 4.69) is 36.7 Å². The largest absolute Gasteiger partial charge is 0.308 e. The molecular weight excluding hydrogens is 258 g/mol. The Kier molecular flexibility index (Phi) is 5.47. The minimum absolute atomic E-state index is 0.116. The molecule has 0 saturated carbocycles. The first kappa shape index (κ1) is 15.2. The van der Waals surface area contributed by atoms with E-state index in [-0.39, 0.29) is 5.78 Å². The molecule has 0 radical (unpaired) electrons. The third-order valence-electron chi connectivity index (χ3n) is 3.47. The fraction of sp³-hybridized carbons (Fsp3) is 0.211. The summed E-state index contributed by atoms with van der Waals surface area (Å²) in [4.78, 5) is 12.5. The maximum atomic E-state index is 12.5. The normalized spacial score (nSPS) is 23.3. The van der Waals surface area contributed by atoms with E-state index in [0.717, 1.165) is 35.1 Å². The fourth-order valence-corrected chi connectivity index (χ4v) is 2.39. The van der Waals surface area contributed by atoms with Gasteiger partial charge in [0.1, 0.15) is 0 Å². The van der Waals surface area contributed by atoms with Crippen LogP contribution in [-0.2, 0) is 4.79 Å². The van der Waals surface area contributed by atoms with Crippen LogP contribution in [0.3, 0.4) is 0 Å². The molecule has 0 spiro atoms. The summed E-state index contributed by atoms with van der Waals surface area (Å²) < 4.78 is 0. The molecule has 2 aliphatic rings. The Balaban J connectivity index is 2.24. The number of allylic oxidation sites excluding steroid dienone is 10. The average Bonchev–Trinajstić information content (AvgIpc) is 2.51. The van der Waals surface area contributed by atoms with Crippen LogP contribution in [0, 0.1) is 0 Å². The van der Waals surface area contributed by atoms with Crippen molar-refractivity contribution in [2.45, 2.75) is 12.8 Å². The second-order valence-corrected chi connectivity index (χ2v) is 5.06. The molecule has 1 heterocycles. The molecule has 1 fully saturated rings. The third-order valence-corrected chi connectivity index (χ3v) is 3.47. The molecule has 0 atom stereocenters. The number of carbonyl (C=O) groups excluding carboxylic acids is 1. The van der Waals surface area contributed by atoms with Gasteiger partial charge in [0.2, 0.25) is 0 Å². The number of carbonyl (C=O) groups is 1. The number of ketones is 1. The van der Waals surface area contributed by atoms with Crippen LogP contribution in [0.2, 0.25) is 0 Å². The highest BCUT2D eigenvalue weighted by Crippen LogP contribution is 2.18. The lowest BCUT2D eigenvalue weighted by Gasteiger charge is -2.18. The Bertz CT molecular complexity index is 597. The first-order valence-corrected chi connectivity index (χ1v) is 7.23. The van der Waals surface area contributed by atoms with Gasteiger partial charge < -0.3 is 5.32 Å². The molecule has 0 bridgehead atoms. The smallest absolute Gasteiger partial charge is 0.187 e. The van der Waals surface area contributed by atoms with Crippen molar-refractivity contribution in [1.29, 1.82) is 0 Å². The summed E-state index contributed by atoms with van der Waals surface area (Å²) in [6.45, 7) is 8.64. The van der Waals surface area contributed by atoms with Crippen molar-refractivity contribution < 1.29 is 4.79 Å². The number of rotatable bonds is 4. The summed E-state index contributed by atoms with van der Waals surface area (Å²) in [6, 6.07) is 0. The van der Waals surface area contributed by atoms with E-state index < -0.39 is 0 Å². The van der Waals surface area contributed by atoms with Gasteiger partial charge in [-0.25, -0.2) is 0 Å². The molecule has 1 N–H and O–H groups in total. The van der Waals surface area contributed by atoms with Gasteiger partial charge in [-0.3, -0.25) is 4.79 Å². The van der Waals surface area contributed by atoms with Crippen LogP contribution in [-0.4, -0.2) is 18.9 Å². The quantitative estimate of drug-likeness (QED) is 0.629. The zero-order valence-electron chi connectivity index (χ0n) is 12.3. The molecule has 1 aliphatic carbocycles. The highest BCUT2D eigenvalue weighted by Gasteiger charge is 2.20. The lowest BCUT2D eigenvalue weighted by molar-refractivity contribution is -0.112. The van der Waals surface area contributed by atoms with Crippen molar-refractivity contribution in [2.75, 3.05) is 13.1 Å². The molecule has 2 nitrogen and oxygen atoms in total. The molecule has 21 heavy (non-hydrogen) atoms. The zero-order chi connectivity index (χ0) is 15.1. The summed E-state index contributed by atoms with van der Waals surface area (Å²) in [5.41, 5.74) is 3.60. The third kappa shape index (κ3) is 4.14. The van der Waals surface area contributed by atoms with Crippen LogP contribution >= 0.6 is 0 Å². The molecule has 2 heteroatoms. The summed E-state index contributed by atoms with van der Waals surface area (Å²) in [5, 5.41) is 3.28. The van der Waals surface area contributed by atoms with Crippen LogP contribution in [0.4, 0.5) is 0 Å². The number of piperidine rings is 1. The molecule has 108 valence electrons. The van der Waals surface area contributed by atoms with Crippen LogP contribution in [0.1, 0.15) is 12.8 Å². The molecule has 2 rings (SSSR count). The fourth-order valence-electron chi connectivity index (χ4n) is 2.39. The molecule has 0 amide bonds. The highest BCUT2D eigenvalue weighted by atomic mass is 16.1. The lowest BCUT2D eigenvalue weighted by Crippen LogP contribution is -2.33. The van der Waals surface area contributed by atoms with Crippen LogP contribution in [0.15, 0.2) is 84.1 Å². The Labute approximate surface area is 126 Å². The number of hydrogen-bond donors (Lipinski definition) is 1. The highest BCUT2D eigenvalue weighted by molar-refractivity contribution is 6.10. The Hall–Kier alpha value is -2.19. The van der Waals surface area contributed by atoms with Gasteiger partial charge in [-0.2, -0.15) is 0 Å². The van der Waals surface area contributed by atoms with Crippen LogP contribution in [0.5, 0.6) is 0 Å². The summed E-state index contributed by atoms with van der Waals surface area (Å²) in [6.07, 6.45) is 17.7. The molecule has 0 unspecified atom stereocenters. The van der Waals surface area contributed by atoms with Gasteiger partial charge in [0.15, 0.2) is 5.78 Å².